The highest BCUT2D eigenvalue weighted by Crippen LogP contribution is 2.29. The zero-order chi connectivity index (χ0) is 30.2. The molecule has 0 unspecified atom stereocenters. The van der Waals surface area contributed by atoms with Gasteiger partial charge in [0.2, 0.25) is 5.91 Å². The van der Waals surface area contributed by atoms with Crippen molar-refractivity contribution < 1.29 is 19.1 Å². The van der Waals surface area contributed by atoms with Crippen molar-refractivity contribution in [3.05, 3.63) is 119 Å². The van der Waals surface area contributed by atoms with E-state index in [0.717, 1.165) is 20.9 Å². The lowest BCUT2D eigenvalue weighted by Gasteiger charge is -2.12. The van der Waals surface area contributed by atoms with Gasteiger partial charge in [-0.05, 0) is 72.3 Å². The summed E-state index contributed by atoms with van der Waals surface area (Å²) in [5, 5.41) is 9.46. The predicted molar refractivity (Wildman–Crippen MR) is 174 cm³/mol. The average Bonchev–Trinajstić information content (AvgIpc) is 3.42. The van der Waals surface area contributed by atoms with E-state index in [9.17, 15) is 14.4 Å². The summed E-state index contributed by atoms with van der Waals surface area (Å²) >= 11 is 8.70. The van der Waals surface area contributed by atoms with E-state index in [-0.39, 0.29) is 17.4 Å². The van der Waals surface area contributed by atoms with Crippen LogP contribution < -0.4 is 20.7 Å². The normalized spacial score (nSPS) is 11.2. The van der Waals surface area contributed by atoms with E-state index in [0.29, 0.717) is 27.0 Å². The third-order valence-corrected chi connectivity index (χ3v) is 8.19. The fraction of sp³-hybridized carbons (Fsp3) is 0.0625. The smallest absolute Gasteiger partial charge is 0.272 e. The molecule has 0 atom stereocenters. The van der Waals surface area contributed by atoms with Gasteiger partial charge in [-0.25, -0.2) is 4.98 Å². The summed E-state index contributed by atoms with van der Waals surface area (Å²) in [7, 11) is 1.60. The number of nitrogens with zero attached hydrogens (tertiary/aromatic N) is 1. The molecule has 3 amide bonds. The highest BCUT2D eigenvalue weighted by atomic mass is 35.5. The summed E-state index contributed by atoms with van der Waals surface area (Å²) in [4.78, 5) is 44.1. The Hall–Kier alpha value is -4.64. The number of benzene rings is 4. The van der Waals surface area contributed by atoms with Crippen LogP contribution in [0.1, 0.15) is 15.9 Å². The third-order valence-electron chi connectivity index (χ3n) is 6.01. The second-order valence-corrected chi connectivity index (χ2v) is 11.6. The Morgan fingerprint density at radius 2 is 1.72 bits per heavy atom. The first-order valence-electron chi connectivity index (χ1n) is 13.0. The Balaban J connectivity index is 1.24. The number of fused-ring (bicyclic) bond motifs is 1. The highest BCUT2D eigenvalue weighted by molar-refractivity contribution is 8.00. The first-order valence-corrected chi connectivity index (χ1v) is 15.2. The maximum atomic E-state index is 13.3. The molecule has 0 radical (unpaired) electrons. The minimum Gasteiger partial charge on any atom is -0.497 e. The Morgan fingerprint density at radius 1 is 0.930 bits per heavy atom. The Kier molecular flexibility index (Phi) is 9.73. The number of rotatable bonds is 10. The molecule has 43 heavy (non-hydrogen) atoms. The topological polar surface area (TPSA) is 109 Å². The number of nitrogens with one attached hydrogen (secondary N) is 3. The van der Waals surface area contributed by atoms with Gasteiger partial charge in [0.25, 0.3) is 11.8 Å². The third kappa shape index (κ3) is 8.23. The van der Waals surface area contributed by atoms with Gasteiger partial charge in [-0.15, -0.1) is 11.8 Å². The van der Waals surface area contributed by atoms with Gasteiger partial charge in [0.1, 0.15) is 11.4 Å². The van der Waals surface area contributed by atoms with Crippen LogP contribution in [-0.2, 0) is 9.59 Å². The van der Waals surface area contributed by atoms with Crippen molar-refractivity contribution in [3.63, 3.8) is 0 Å². The molecule has 5 aromatic rings. The van der Waals surface area contributed by atoms with Crippen molar-refractivity contribution >= 4 is 79.5 Å². The maximum absolute atomic E-state index is 13.3. The number of amides is 3. The number of methoxy groups -OCH3 is 1. The van der Waals surface area contributed by atoms with Crippen molar-refractivity contribution in [1.82, 2.24) is 10.3 Å². The van der Waals surface area contributed by atoms with Gasteiger partial charge in [-0.1, -0.05) is 59.3 Å². The fourth-order valence-electron chi connectivity index (χ4n) is 3.92. The Morgan fingerprint density at radius 3 is 2.49 bits per heavy atom. The lowest BCUT2D eigenvalue weighted by molar-refractivity contribution is -0.114. The lowest BCUT2D eigenvalue weighted by Crippen LogP contribution is -2.30. The van der Waals surface area contributed by atoms with Crippen LogP contribution in [-0.4, -0.2) is 35.6 Å². The van der Waals surface area contributed by atoms with Crippen molar-refractivity contribution in [2.45, 2.75) is 4.90 Å². The van der Waals surface area contributed by atoms with E-state index < -0.39 is 11.8 Å². The van der Waals surface area contributed by atoms with Gasteiger partial charge in [-0.3, -0.25) is 14.4 Å². The molecule has 0 aliphatic rings. The maximum Gasteiger partial charge on any atom is 0.272 e. The molecule has 0 aliphatic heterocycles. The SMILES string of the molecule is COc1ccc2nc(NC(=O)CSc3cccc(NC(=O)/C(=C/c4ccc(Cl)cc4)NC(=O)c4ccccc4)c3)sc2c1. The van der Waals surface area contributed by atoms with E-state index in [1.807, 2.05) is 24.3 Å². The first kappa shape index (κ1) is 29.8. The summed E-state index contributed by atoms with van der Waals surface area (Å²) in [6.45, 7) is 0. The van der Waals surface area contributed by atoms with Crippen molar-refractivity contribution in [3.8, 4) is 5.75 Å². The monoisotopic (exact) mass is 628 g/mol. The number of halogens is 1. The number of ether oxygens (including phenoxy) is 1. The average molecular weight is 629 g/mol. The molecule has 0 saturated carbocycles. The summed E-state index contributed by atoms with van der Waals surface area (Å²) in [5.74, 6) is -0.263. The molecule has 0 saturated heterocycles. The molecule has 0 spiro atoms. The molecule has 1 aromatic heterocycles. The van der Waals surface area contributed by atoms with Crippen LogP contribution in [0.3, 0.4) is 0 Å². The van der Waals surface area contributed by atoms with Gasteiger partial charge in [0, 0.05) is 21.2 Å². The zero-order valence-electron chi connectivity index (χ0n) is 22.8. The largest absolute Gasteiger partial charge is 0.497 e. The number of anilines is 2. The minimum absolute atomic E-state index is 0.0575. The van der Waals surface area contributed by atoms with Crippen molar-refractivity contribution in [2.75, 3.05) is 23.5 Å². The number of hydrogen-bond acceptors (Lipinski definition) is 7. The molecule has 5 rings (SSSR count). The second-order valence-electron chi connectivity index (χ2n) is 9.10. The quantitative estimate of drug-likeness (QED) is 0.112. The van der Waals surface area contributed by atoms with E-state index in [2.05, 4.69) is 20.9 Å². The van der Waals surface area contributed by atoms with E-state index in [1.54, 1.807) is 86.0 Å². The van der Waals surface area contributed by atoms with E-state index in [1.165, 1.54) is 23.1 Å². The standard InChI is InChI=1S/C32H25ClN4O4S2/c1-41-24-14-15-26-28(18-24)43-32(36-26)37-29(38)19-42-25-9-5-8-23(17-25)34-31(40)27(16-20-10-12-22(33)13-11-20)35-30(39)21-6-3-2-4-7-21/h2-18H,19H2,1H3,(H,34,40)(H,35,39)(H,36,37,38)/b27-16-. The van der Waals surface area contributed by atoms with Gasteiger partial charge >= 0.3 is 0 Å². The van der Waals surface area contributed by atoms with Crippen LogP contribution in [0.2, 0.25) is 5.02 Å². The van der Waals surface area contributed by atoms with Crippen LogP contribution in [0.4, 0.5) is 10.8 Å². The van der Waals surface area contributed by atoms with Gasteiger partial charge in [0.15, 0.2) is 5.13 Å². The zero-order valence-corrected chi connectivity index (χ0v) is 25.2. The van der Waals surface area contributed by atoms with Crippen molar-refractivity contribution in [2.24, 2.45) is 0 Å². The van der Waals surface area contributed by atoms with E-state index in [4.69, 9.17) is 16.3 Å². The van der Waals surface area contributed by atoms with E-state index >= 15 is 0 Å². The molecule has 4 aromatic carbocycles. The molecular weight excluding hydrogens is 604 g/mol. The van der Waals surface area contributed by atoms with Crippen LogP contribution in [0.25, 0.3) is 16.3 Å². The molecule has 8 nitrogen and oxygen atoms in total. The number of carbonyl (C=O) groups excluding carboxylic acids is 3. The summed E-state index contributed by atoms with van der Waals surface area (Å²) < 4.78 is 6.16. The van der Waals surface area contributed by atoms with Crippen LogP contribution in [0.5, 0.6) is 5.75 Å². The molecule has 0 bridgehead atoms. The van der Waals surface area contributed by atoms with Gasteiger partial charge in [0.05, 0.1) is 23.1 Å². The number of thiazole rings is 1. The highest BCUT2D eigenvalue weighted by Gasteiger charge is 2.16. The molecule has 0 aliphatic carbocycles. The minimum atomic E-state index is -0.508. The molecule has 1 heterocycles. The molecule has 216 valence electrons. The molecule has 3 N–H and O–H groups in total. The lowest BCUT2D eigenvalue weighted by atomic mass is 10.1. The summed E-state index contributed by atoms with van der Waals surface area (Å²) in [6.07, 6.45) is 1.58. The van der Waals surface area contributed by atoms with Crippen LogP contribution >= 0.6 is 34.7 Å². The first-order chi connectivity index (χ1) is 20.9. The number of thioether (sulfide) groups is 1. The fourth-order valence-corrected chi connectivity index (χ4v) is 5.71. The van der Waals surface area contributed by atoms with Crippen LogP contribution in [0.15, 0.2) is 108 Å². The summed E-state index contributed by atoms with van der Waals surface area (Å²) in [5.41, 5.74) is 2.44. The predicted octanol–water partition coefficient (Wildman–Crippen LogP) is 7.10. The van der Waals surface area contributed by atoms with Crippen LogP contribution in [0, 0.1) is 0 Å². The number of carbonyl (C=O) groups is 3. The molecular formula is C32H25ClN4O4S2. The Bertz CT molecular complexity index is 1810. The van der Waals surface area contributed by atoms with Gasteiger partial charge in [-0.2, -0.15) is 0 Å². The van der Waals surface area contributed by atoms with Gasteiger partial charge < -0.3 is 20.7 Å². The Labute approximate surface area is 261 Å². The molecule has 0 fully saturated rings. The summed E-state index contributed by atoms with van der Waals surface area (Å²) in [6, 6.07) is 28.2. The number of aromatic nitrogens is 1. The van der Waals surface area contributed by atoms with Crippen molar-refractivity contribution in [1.29, 1.82) is 0 Å². The number of hydrogen-bond donors (Lipinski definition) is 3. The molecule has 11 heteroatoms. The second kappa shape index (κ2) is 14.0.